The van der Waals surface area contributed by atoms with E-state index in [0.717, 1.165) is 51.4 Å². The van der Waals surface area contributed by atoms with Crippen LogP contribution in [-0.4, -0.2) is 98.3 Å². The number of phosphoric ester groups is 1. The maximum absolute atomic E-state index is 12.7. The lowest BCUT2D eigenvalue weighted by atomic mass is 9.85. The van der Waals surface area contributed by atoms with Crippen molar-refractivity contribution in [3.05, 3.63) is 0 Å². The Balaban J connectivity index is 2.51. The van der Waals surface area contributed by atoms with Crippen LogP contribution >= 0.6 is 7.82 Å². The molecule has 0 saturated heterocycles. The first-order chi connectivity index (χ1) is 23.9. The molecule has 1 rings (SSSR count). The molecule has 8 atom stereocenters. The van der Waals surface area contributed by atoms with Crippen LogP contribution in [0.2, 0.25) is 0 Å². The molecule has 0 bridgehead atoms. The molecule has 6 unspecified atom stereocenters. The van der Waals surface area contributed by atoms with Crippen molar-refractivity contribution < 1.29 is 63.1 Å². The highest BCUT2D eigenvalue weighted by Gasteiger charge is 2.51. The molecule has 0 aromatic carbocycles. The third-order valence-corrected chi connectivity index (χ3v) is 10.2. The first-order valence-electron chi connectivity index (χ1n) is 19.3. The number of esters is 2. The summed E-state index contributed by atoms with van der Waals surface area (Å²) in [5.74, 6) is -1.10. The SMILES string of the molecule is CCCCCCCCCCCCCCCCC(=O)O[C@H](COC(=O)CCCCCCCCC)COP(=O)(O)OC1C(O)C(O)C(O)[C@@H](O)C1O. The van der Waals surface area contributed by atoms with Crippen LogP contribution in [0.15, 0.2) is 0 Å². The molecular weight excluding hydrogens is 671 g/mol. The number of hydrogen-bond acceptors (Lipinski definition) is 12. The van der Waals surface area contributed by atoms with Crippen molar-refractivity contribution in [2.45, 2.75) is 204 Å². The van der Waals surface area contributed by atoms with Gasteiger partial charge in [-0.05, 0) is 12.8 Å². The van der Waals surface area contributed by atoms with Crippen LogP contribution in [0.5, 0.6) is 0 Å². The molecule has 1 saturated carbocycles. The Labute approximate surface area is 300 Å². The van der Waals surface area contributed by atoms with Crippen molar-refractivity contribution in [1.29, 1.82) is 0 Å². The lowest BCUT2D eigenvalue weighted by Gasteiger charge is -2.41. The Morgan fingerprint density at radius 3 is 1.32 bits per heavy atom. The highest BCUT2D eigenvalue weighted by Crippen LogP contribution is 2.47. The van der Waals surface area contributed by atoms with E-state index in [2.05, 4.69) is 13.8 Å². The lowest BCUT2D eigenvalue weighted by Crippen LogP contribution is -2.64. The van der Waals surface area contributed by atoms with E-state index < -0.39 is 75.7 Å². The quantitative estimate of drug-likeness (QED) is 0.0284. The maximum Gasteiger partial charge on any atom is 0.472 e. The largest absolute Gasteiger partial charge is 0.472 e. The van der Waals surface area contributed by atoms with Gasteiger partial charge in [-0.3, -0.25) is 18.6 Å². The topological polar surface area (TPSA) is 210 Å². The summed E-state index contributed by atoms with van der Waals surface area (Å²) in [6.45, 7) is 3.22. The Morgan fingerprint density at radius 1 is 0.540 bits per heavy atom. The molecule has 0 aromatic heterocycles. The van der Waals surface area contributed by atoms with E-state index in [9.17, 15) is 44.6 Å². The van der Waals surface area contributed by atoms with Crippen LogP contribution in [0.25, 0.3) is 0 Å². The van der Waals surface area contributed by atoms with E-state index in [-0.39, 0.29) is 12.8 Å². The fourth-order valence-corrected chi connectivity index (χ4v) is 6.96. The molecule has 50 heavy (non-hydrogen) atoms. The van der Waals surface area contributed by atoms with Gasteiger partial charge in [-0.25, -0.2) is 4.57 Å². The number of rotatable bonds is 31. The molecule has 0 heterocycles. The second-order valence-electron chi connectivity index (χ2n) is 13.8. The molecule has 1 aliphatic carbocycles. The smallest absolute Gasteiger partial charge is 0.462 e. The minimum Gasteiger partial charge on any atom is -0.462 e. The zero-order valence-corrected chi connectivity index (χ0v) is 31.6. The van der Waals surface area contributed by atoms with E-state index in [4.69, 9.17) is 18.5 Å². The number of aliphatic hydroxyl groups is 5. The number of hydrogen-bond donors (Lipinski definition) is 6. The third-order valence-electron chi connectivity index (χ3n) is 9.20. The molecule has 6 N–H and O–H groups in total. The average Bonchev–Trinajstić information content (AvgIpc) is 3.09. The molecule has 1 aliphatic rings. The summed E-state index contributed by atoms with van der Waals surface area (Å²) in [5.41, 5.74) is 0. The lowest BCUT2D eigenvalue weighted by molar-refractivity contribution is -0.220. The molecule has 0 radical (unpaired) electrons. The van der Waals surface area contributed by atoms with Gasteiger partial charge in [-0.1, -0.05) is 136 Å². The second kappa shape index (κ2) is 28.4. The summed E-state index contributed by atoms with van der Waals surface area (Å²) in [6, 6.07) is 0. The molecule has 0 spiro atoms. The fourth-order valence-electron chi connectivity index (χ4n) is 5.99. The van der Waals surface area contributed by atoms with Crippen molar-refractivity contribution in [3.63, 3.8) is 0 Å². The zero-order valence-electron chi connectivity index (χ0n) is 30.7. The Hall–Kier alpha value is -1.15. The Morgan fingerprint density at radius 2 is 0.900 bits per heavy atom. The summed E-state index contributed by atoms with van der Waals surface area (Å²) < 4.78 is 33.2. The molecule has 13 nitrogen and oxygen atoms in total. The highest BCUT2D eigenvalue weighted by atomic mass is 31.2. The number of aliphatic hydroxyl groups excluding tert-OH is 5. The zero-order chi connectivity index (χ0) is 37.2. The van der Waals surface area contributed by atoms with Crippen LogP contribution in [0.3, 0.4) is 0 Å². The monoisotopic (exact) mass is 740 g/mol. The normalized spacial score (nSPS) is 24.1. The number of unbranched alkanes of at least 4 members (excludes halogenated alkanes) is 19. The maximum atomic E-state index is 12.7. The predicted molar refractivity (Wildman–Crippen MR) is 189 cm³/mol. The van der Waals surface area contributed by atoms with Crippen LogP contribution in [-0.2, 0) is 32.7 Å². The Kier molecular flexibility index (Phi) is 26.6. The first kappa shape index (κ1) is 46.9. The highest BCUT2D eigenvalue weighted by molar-refractivity contribution is 7.47. The molecule has 0 amide bonds. The summed E-state index contributed by atoms with van der Waals surface area (Å²) >= 11 is 0. The van der Waals surface area contributed by atoms with E-state index in [1.807, 2.05) is 0 Å². The predicted octanol–water partition coefficient (Wildman–Crippen LogP) is 5.77. The molecule has 14 heteroatoms. The van der Waals surface area contributed by atoms with Gasteiger partial charge in [0.1, 0.15) is 43.2 Å². The van der Waals surface area contributed by atoms with Crippen molar-refractivity contribution in [2.75, 3.05) is 13.2 Å². The molecular formula is C36H69O13P. The van der Waals surface area contributed by atoms with Gasteiger partial charge in [0.15, 0.2) is 6.10 Å². The van der Waals surface area contributed by atoms with Gasteiger partial charge in [0.2, 0.25) is 0 Å². The first-order valence-corrected chi connectivity index (χ1v) is 20.8. The van der Waals surface area contributed by atoms with E-state index in [1.165, 1.54) is 70.6 Å². The van der Waals surface area contributed by atoms with Gasteiger partial charge in [0, 0.05) is 12.8 Å². The van der Waals surface area contributed by atoms with Crippen LogP contribution in [0, 0.1) is 0 Å². The minimum atomic E-state index is -5.09. The van der Waals surface area contributed by atoms with Crippen molar-refractivity contribution in [1.82, 2.24) is 0 Å². The van der Waals surface area contributed by atoms with Crippen LogP contribution in [0.4, 0.5) is 0 Å². The van der Waals surface area contributed by atoms with Crippen LogP contribution < -0.4 is 0 Å². The minimum absolute atomic E-state index is 0.104. The summed E-state index contributed by atoms with van der Waals surface area (Å²) in [4.78, 5) is 35.3. The summed E-state index contributed by atoms with van der Waals surface area (Å²) in [7, 11) is -5.09. The molecule has 1 fully saturated rings. The molecule has 0 aliphatic heterocycles. The van der Waals surface area contributed by atoms with E-state index >= 15 is 0 Å². The summed E-state index contributed by atoms with van der Waals surface area (Å²) in [6.07, 6.45) is 10.6. The van der Waals surface area contributed by atoms with Crippen molar-refractivity contribution in [3.8, 4) is 0 Å². The average molecular weight is 741 g/mol. The third kappa shape index (κ3) is 21.4. The molecule has 296 valence electrons. The van der Waals surface area contributed by atoms with E-state index in [0.29, 0.717) is 12.8 Å². The van der Waals surface area contributed by atoms with Crippen LogP contribution in [0.1, 0.15) is 162 Å². The Bertz CT molecular complexity index is 906. The van der Waals surface area contributed by atoms with Crippen molar-refractivity contribution >= 4 is 19.8 Å². The van der Waals surface area contributed by atoms with E-state index in [1.54, 1.807) is 0 Å². The van der Waals surface area contributed by atoms with Gasteiger partial charge < -0.3 is 39.9 Å². The van der Waals surface area contributed by atoms with Gasteiger partial charge in [-0.2, -0.15) is 0 Å². The van der Waals surface area contributed by atoms with Gasteiger partial charge in [0.05, 0.1) is 6.61 Å². The standard InChI is InChI=1S/C36H69O13P/c1-3-5-7-9-11-12-13-14-15-16-17-19-21-23-25-30(38)48-28(26-46-29(37)24-22-20-18-10-8-6-4-2)27-47-50(44,45)49-36-34(42)32(40)31(39)33(41)35(36)43/h28,31-36,39-43H,3-27H2,1-2H3,(H,44,45)/t28-,31?,32-,33?,34?,35?,36?/m1/s1. The van der Waals surface area contributed by atoms with Gasteiger partial charge in [0.25, 0.3) is 0 Å². The number of phosphoric acid groups is 1. The number of carbonyl (C=O) groups excluding carboxylic acids is 2. The van der Waals surface area contributed by atoms with Gasteiger partial charge in [-0.15, -0.1) is 0 Å². The number of ether oxygens (including phenoxy) is 2. The second-order valence-corrected chi connectivity index (χ2v) is 15.2. The summed E-state index contributed by atoms with van der Waals surface area (Å²) in [5, 5.41) is 49.8. The number of carbonyl (C=O) groups is 2. The fraction of sp³-hybridized carbons (Fsp3) is 0.944. The molecule has 0 aromatic rings. The van der Waals surface area contributed by atoms with Gasteiger partial charge >= 0.3 is 19.8 Å². The van der Waals surface area contributed by atoms with Crippen molar-refractivity contribution in [2.24, 2.45) is 0 Å².